The number of amides is 2. The van der Waals surface area contributed by atoms with Gasteiger partial charge in [0.05, 0.1) is 24.1 Å². The van der Waals surface area contributed by atoms with E-state index in [1.807, 2.05) is 13.8 Å². The summed E-state index contributed by atoms with van der Waals surface area (Å²) in [5.41, 5.74) is 0.322. The second-order valence-electron chi connectivity index (χ2n) is 6.09. The molecular weight excluding hydrogens is 380 g/mol. The van der Waals surface area contributed by atoms with Crippen molar-refractivity contribution in [3.63, 3.8) is 0 Å². The Bertz CT molecular complexity index is 792. The SMILES string of the molecule is CCC(C)NC(=O)COC(=O)c1ccccc1SCC(=O)NCc1ccco1. The van der Waals surface area contributed by atoms with Crippen molar-refractivity contribution in [3.05, 3.63) is 54.0 Å². The Morgan fingerprint density at radius 1 is 1.14 bits per heavy atom. The Kier molecular flexibility index (Phi) is 8.61. The van der Waals surface area contributed by atoms with Gasteiger partial charge in [-0.15, -0.1) is 11.8 Å². The lowest BCUT2D eigenvalue weighted by Crippen LogP contribution is -2.35. The molecule has 1 heterocycles. The molecule has 1 aromatic carbocycles. The first kappa shape index (κ1) is 21.6. The molecule has 2 rings (SSSR count). The Labute approximate surface area is 168 Å². The molecule has 1 atom stereocenters. The molecule has 28 heavy (non-hydrogen) atoms. The molecule has 8 heteroatoms. The third-order valence-corrected chi connectivity index (χ3v) is 4.93. The fourth-order valence-corrected chi connectivity index (χ4v) is 3.05. The molecule has 2 amide bonds. The molecular formula is C20H24N2O5S. The van der Waals surface area contributed by atoms with Crippen molar-refractivity contribution in [1.82, 2.24) is 10.6 Å². The predicted molar refractivity (Wildman–Crippen MR) is 106 cm³/mol. The van der Waals surface area contributed by atoms with Crippen LogP contribution in [0.3, 0.4) is 0 Å². The van der Waals surface area contributed by atoms with Crippen LogP contribution in [0.4, 0.5) is 0 Å². The predicted octanol–water partition coefficient (Wildman–Crippen LogP) is 2.76. The third-order valence-electron chi connectivity index (χ3n) is 3.86. The number of rotatable bonds is 10. The van der Waals surface area contributed by atoms with E-state index in [1.165, 1.54) is 11.8 Å². The van der Waals surface area contributed by atoms with Gasteiger partial charge >= 0.3 is 5.97 Å². The zero-order valence-corrected chi connectivity index (χ0v) is 16.7. The zero-order valence-electron chi connectivity index (χ0n) is 15.9. The Morgan fingerprint density at radius 3 is 2.64 bits per heavy atom. The fourth-order valence-electron chi connectivity index (χ4n) is 2.18. The second-order valence-corrected chi connectivity index (χ2v) is 7.11. The van der Waals surface area contributed by atoms with Crippen molar-refractivity contribution in [2.75, 3.05) is 12.4 Å². The summed E-state index contributed by atoms with van der Waals surface area (Å²) in [7, 11) is 0. The highest BCUT2D eigenvalue weighted by Crippen LogP contribution is 2.23. The normalized spacial score (nSPS) is 11.5. The first-order chi connectivity index (χ1) is 13.5. The van der Waals surface area contributed by atoms with Gasteiger partial charge < -0.3 is 19.8 Å². The Morgan fingerprint density at radius 2 is 1.93 bits per heavy atom. The molecule has 0 aliphatic carbocycles. The van der Waals surface area contributed by atoms with Gasteiger partial charge in [0.25, 0.3) is 5.91 Å². The highest BCUT2D eigenvalue weighted by atomic mass is 32.2. The maximum Gasteiger partial charge on any atom is 0.339 e. The maximum absolute atomic E-state index is 12.3. The number of carbonyl (C=O) groups excluding carboxylic acids is 3. The minimum Gasteiger partial charge on any atom is -0.467 e. The van der Waals surface area contributed by atoms with Crippen molar-refractivity contribution < 1.29 is 23.5 Å². The Balaban J connectivity index is 1.84. The summed E-state index contributed by atoms with van der Waals surface area (Å²) >= 11 is 1.23. The van der Waals surface area contributed by atoms with Crippen molar-refractivity contribution in [2.24, 2.45) is 0 Å². The lowest BCUT2D eigenvalue weighted by Gasteiger charge is -2.12. The van der Waals surface area contributed by atoms with E-state index in [1.54, 1.807) is 42.7 Å². The van der Waals surface area contributed by atoms with Crippen LogP contribution in [0, 0.1) is 0 Å². The molecule has 0 spiro atoms. The van der Waals surface area contributed by atoms with Crippen LogP contribution >= 0.6 is 11.8 Å². The minimum atomic E-state index is -0.599. The highest BCUT2D eigenvalue weighted by Gasteiger charge is 2.16. The number of esters is 1. The summed E-state index contributed by atoms with van der Waals surface area (Å²) in [6.07, 6.45) is 2.34. The van der Waals surface area contributed by atoms with Crippen LogP contribution < -0.4 is 10.6 Å². The molecule has 0 saturated carbocycles. The molecule has 0 bridgehead atoms. The van der Waals surface area contributed by atoms with Gasteiger partial charge in [0.2, 0.25) is 5.91 Å². The van der Waals surface area contributed by atoms with Gasteiger partial charge in [-0.3, -0.25) is 9.59 Å². The number of furan rings is 1. The van der Waals surface area contributed by atoms with Crippen molar-refractivity contribution in [1.29, 1.82) is 0 Å². The average Bonchev–Trinajstić information content (AvgIpc) is 3.22. The van der Waals surface area contributed by atoms with Gasteiger partial charge in [0.1, 0.15) is 5.76 Å². The number of hydrogen-bond acceptors (Lipinski definition) is 6. The average molecular weight is 404 g/mol. The number of benzene rings is 1. The van der Waals surface area contributed by atoms with Gasteiger partial charge in [-0.05, 0) is 37.6 Å². The van der Waals surface area contributed by atoms with E-state index in [0.29, 0.717) is 22.8 Å². The van der Waals surface area contributed by atoms with E-state index in [-0.39, 0.29) is 30.2 Å². The number of nitrogens with one attached hydrogen (secondary N) is 2. The molecule has 0 aliphatic heterocycles. The van der Waals surface area contributed by atoms with Crippen LogP contribution in [0.5, 0.6) is 0 Å². The van der Waals surface area contributed by atoms with E-state index in [9.17, 15) is 14.4 Å². The summed E-state index contributed by atoms with van der Waals surface area (Å²) in [5.74, 6) is -0.321. The van der Waals surface area contributed by atoms with Crippen LogP contribution in [0.25, 0.3) is 0 Å². The molecule has 150 valence electrons. The van der Waals surface area contributed by atoms with E-state index in [0.717, 1.165) is 6.42 Å². The van der Waals surface area contributed by atoms with E-state index in [2.05, 4.69) is 10.6 Å². The topological polar surface area (TPSA) is 97.6 Å². The number of hydrogen-bond donors (Lipinski definition) is 2. The van der Waals surface area contributed by atoms with Crippen molar-refractivity contribution in [2.45, 2.75) is 37.8 Å². The van der Waals surface area contributed by atoms with Crippen LogP contribution in [-0.2, 0) is 20.9 Å². The summed E-state index contributed by atoms with van der Waals surface area (Å²) in [5, 5.41) is 5.48. The van der Waals surface area contributed by atoms with Gasteiger partial charge in [0, 0.05) is 10.9 Å². The first-order valence-corrected chi connectivity index (χ1v) is 9.95. The monoisotopic (exact) mass is 404 g/mol. The minimum absolute atomic E-state index is 0.0220. The van der Waals surface area contributed by atoms with E-state index >= 15 is 0 Å². The van der Waals surface area contributed by atoms with E-state index < -0.39 is 5.97 Å². The number of ether oxygens (including phenoxy) is 1. The first-order valence-electron chi connectivity index (χ1n) is 8.97. The van der Waals surface area contributed by atoms with Gasteiger partial charge in [-0.1, -0.05) is 19.1 Å². The fraction of sp³-hybridized carbons (Fsp3) is 0.350. The van der Waals surface area contributed by atoms with Crippen molar-refractivity contribution >= 4 is 29.5 Å². The molecule has 1 aromatic heterocycles. The molecule has 1 unspecified atom stereocenters. The largest absolute Gasteiger partial charge is 0.467 e. The Hall–Kier alpha value is -2.74. The van der Waals surface area contributed by atoms with Gasteiger partial charge in [0.15, 0.2) is 6.61 Å². The molecule has 7 nitrogen and oxygen atoms in total. The second kappa shape index (κ2) is 11.2. The lowest BCUT2D eigenvalue weighted by molar-refractivity contribution is -0.124. The van der Waals surface area contributed by atoms with Crippen LogP contribution in [0.2, 0.25) is 0 Å². The molecule has 0 fully saturated rings. The summed E-state index contributed by atoms with van der Waals surface area (Å²) < 4.78 is 10.3. The lowest BCUT2D eigenvalue weighted by atomic mass is 10.2. The molecule has 2 N–H and O–H groups in total. The number of carbonyl (C=O) groups is 3. The van der Waals surface area contributed by atoms with Crippen molar-refractivity contribution in [3.8, 4) is 0 Å². The highest BCUT2D eigenvalue weighted by molar-refractivity contribution is 8.00. The number of thioether (sulfide) groups is 1. The summed E-state index contributed by atoms with van der Waals surface area (Å²) in [6, 6.07) is 10.4. The zero-order chi connectivity index (χ0) is 20.4. The summed E-state index contributed by atoms with van der Waals surface area (Å²) in [6.45, 7) is 3.80. The van der Waals surface area contributed by atoms with Crippen LogP contribution in [0.1, 0.15) is 36.4 Å². The molecule has 2 aromatic rings. The van der Waals surface area contributed by atoms with Crippen LogP contribution in [0.15, 0.2) is 52.0 Å². The summed E-state index contributed by atoms with van der Waals surface area (Å²) in [4.78, 5) is 36.7. The maximum atomic E-state index is 12.3. The smallest absolute Gasteiger partial charge is 0.339 e. The van der Waals surface area contributed by atoms with Crippen LogP contribution in [-0.4, -0.2) is 36.2 Å². The molecule has 0 radical (unpaired) electrons. The van der Waals surface area contributed by atoms with Gasteiger partial charge in [-0.2, -0.15) is 0 Å². The molecule has 0 saturated heterocycles. The molecule has 0 aliphatic rings. The standard InChI is InChI=1S/C20H24N2O5S/c1-3-14(2)22-18(23)12-27-20(25)16-8-4-5-9-17(16)28-13-19(24)21-11-15-7-6-10-26-15/h4-10,14H,3,11-13H2,1-2H3,(H,21,24)(H,22,23). The third kappa shape index (κ3) is 7.11. The quantitative estimate of drug-likeness (QED) is 0.467. The van der Waals surface area contributed by atoms with E-state index in [4.69, 9.17) is 9.15 Å². The van der Waals surface area contributed by atoms with Gasteiger partial charge in [-0.25, -0.2) is 4.79 Å².